The van der Waals surface area contributed by atoms with Crippen molar-refractivity contribution >= 4 is 37.6 Å². The molecule has 1 aromatic carbocycles. The van der Waals surface area contributed by atoms with Gasteiger partial charge >= 0.3 is 0 Å². The molecule has 8 heteroatoms. The van der Waals surface area contributed by atoms with Gasteiger partial charge in [-0.1, -0.05) is 28.1 Å². The number of hydrogen-bond donors (Lipinski definition) is 1. The minimum atomic E-state index is -3.63. The van der Waals surface area contributed by atoms with Crippen LogP contribution >= 0.6 is 27.5 Å². The Hall–Kier alpha value is -0.890. The maximum Gasteiger partial charge on any atom is 0.246 e. The van der Waals surface area contributed by atoms with E-state index >= 15 is 0 Å². The molecule has 1 heterocycles. The van der Waals surface area contributed by atoms with Crippen LogP contribution in [0.5, 0.6) is 0 Å². The van der Waals surface area contributed by atoms with E-state index in [-0.39, 0.29) is 17.3 Å². The lowest BCUT2D eigenvalue weighted by Crippen LogP contribution is -2.27. The molecule has 0 unspecified atom stereocenters. The highest BCUT2D eigenvalue weighted by molar-refractivity contribution is 9.10. The Morgan fingerprint density at radius 3 is 2.52 bits per heavy atom. The Balaban J connectivity index is 2.30. The van der Waals surface area contributed by atoms with Crippen LogP contribution in [0.1, 0.15) is 17.0 Å². The molecule has 2 aromatic rings. The molecular formula is C13H15BrClN3O2S. The fraction of sp³-hybridized carbons (Fsp3) is 0.308. The minimum Gasteiger partial charge on any atom is -0.281 e. The lowest BCUT2D eigenvalue weighted by atomic mass is 10.2. The molecule has 1 N–H and O–H groups in total. The van der Waals surface area contributed by atoms with Crippen molar-refractivity contribution in [3.63, 3.8) is 0 Å². The number of alkyl halides is 1. The third kappa shape index (κ3) is 3.48. The van der Waals surface area contributed by atoms with E-state index in [1.165, 1.54) is 4.31 Å². The molecule has 0 fully saturated rings. The number of hydrogen-bond acceptors (Lipinski definition) is 3. The van der Waals surface area contributed by atoms with Gasteiger partial charge in [0.2, 0.25) is 10.0 Å². The van der Waals surface area contributed by atoms with Gasteiger partial charge in [0.1, 0.15) is 4.90 Å². The van der Waals surface area contributed by atoms with Gasteiger partial charge in [-0.3, -0.25) is 5.10 Å². The van der Waals surface area contributed by atoms with Gasteiger partial charge in [-0.05, 0) is 24.6 Å². The molecule has 0 saturated carbocycles. The number of aryl methyl sites for hydroxylation is 1. The summed E-state index contributed by atoms with van der Waals surface area (Å²) in [5.41, 5.74) is 1.74. The van der Waals surface area contributed by atoms with Gasteiger partial charge in [0, 0.05) is 18.1 Å². The van der Waals surface area contributed by atoms with E-state index in [1.807, 2.05) is 24.3 Å². The van der Waals surface area contributed by atoms with Crippen molar-refractivity contribution in [3.05, 3.63) is 45.7 Å². The number of aromatic amines is 1. The van der Waals surface area contributed by atoms with Gasteiger partial charge in [0.15, 0.2) is 0 Å². The zero-order valence-corrected chi connectivity index (χ0v) is 14.8. The number of benzene rings is 1. The highest BCUT2D eigenvalue weighted by Gasteiger charge is 2.28. The van der Waals surface area contributed by atoms with Gasteiger partial charge in [-0.15, -0.1) is 11.6 Å². The minimum absolute atomic E-state index is 0.0467. The molecule has 0 aliphatic heterocycles. The van der Waals surface area contributed by atoms with Crippen LogP contribution in [0.15, 0.2) is 33.6 Å². The van der Waals surface area contributed by atoms with E-state index in [9.17, 15) is 8.42 Å². The van der Waals surface area contributed by atoms with Crippen LogP contribution in [0.3, 0.4) is 0 Å². The Labute approximate surface area is 137 Å². The maximum absolute atomic E-state index is 12.7. The first-order valence-corrected chi connectivity index (χ1v) is 8.93. The van der Waals surface area contributed by atoms with E-state index in [1.54, 1.807) is 14.0 Å². The number of nitrogens with one attached hydrogen (secondary N) is 1. The summed E-state index contributed by atoms with van der Waals surface area (Å²) >= 11 is 9.12. The molecule has 0 radical (unpaired) electrons. The summed E-state index contributed by atoms with van der Waals surface area (Å²) in [5, 5.41) is 6.61. The normalized spacial score (nSPS) is 12.0. The summed E-state index contributed by atoms with van der Waals surface area (Å²) in [6, 6.07) is 7.51. The first kappa shape index (κ1) is 16.5. The molecule has 5 nitrogen and oxygen atoms in total. The van der Waals surface area contributed by atoms with Crippen LogP contribution in [0.25, 0.3) is 0 Å². The topological polar surface area (TPSA) is 66.1 Å². The molecule has 21 heavy (non-hydrogen) atoms. The number of halogens is 2. The molecule has 0 aliphatic rings. The molecule has 1 aromatic heterocycles. The third-order valence-electron chi connectivity index (χ3n) is 3.07. The smallest absolute Gasteiger partial charge is 0.246 e. The van der Waals surface area contributed by atoms with Crippen molar-refractivity contribution in [1.29, 1.82) is 0 Å². The molecule has 0 aliphatic carbocycles. The average molecular weight is 393 g/mol. The SMILES string of the molecule is Cc1[nH]nc(CCl)c1S(=O)(=O)N(C)Cc1ccc(Br)cc1. The van der Waals surface area contributed by atoms with Crippen molar-refractivity contribution in [2.45, 2.75) is 24.2 Å². The van der Waals surface area contributed by atoms with E-state index in [4.69, 9.17) is 11.6 Å². The van der Waals surface area contributed by atoms with Gasteiger partial charge in [0.05, 0.1) is 17.3 Å². The number of rotatable bonds is 5. The predicted octanol–water partition coefficient (Wildman–Crippen LogP) is 3.04. The summed E-state index contributed by atoms with van der Waals surface area (Å²) in [6.45, 7) is 1.95. The van der Waals surface area contributed by atoms with Crippen molar-refractivity contribution < 1.29 is 8.42 Å². The second-order valence-electron chi connectivity index (χ2n) is 4.65. The summed E-state index contributed by atoms with van der Waals surface area (Å²) in [4.78, 5) is 0.164. The van der Waals surface area contributed by atoms with E-state index in [0.29, 0.717) is 11.4 Å². The van der Waals surface area contributed by atoms with E-state index in [0.717, 1.165) is 10.0 Å². The summed E-state index contributed by atoms with van der Waals surface area (Å²) < 4.78 is 27.6. The molecule has 0 bridgehead atoms. The fourth-order valence-corrected chi connectivity index (χ4v) is 4.01. The Bertz CT molecular complexity index is 728. The number of aromatic nitrogens is 2. The molecule has 114 valence electrons. The fourth-order valence-electron chi connectivity index (χ4n) is 1.99. The lowest BCUT2D eigenvalue weighted by Gasteiger charge is -2.17. The van der Waals surface area contributed by atoms with Crippen LogP contribution in [0.2, 0.25) is 0 Å². The second-order valence-corrected chi connectivity index (χ2v) is 7.81. The van der Waals surface area contributed by atoms with Gasteiger partial charge in [-0.2, -0.15) is 9.40 Å². The summed E-state index contributed by atoms with van der Waals surface area (Å²) in [5.74, 6) is 0.0467. The monoisotopic (exact) mass is 391 g/mol. The maximum atomic E-state index is 12.7. The highest BCUT2D eigenvalue weighted by atomic mass is 79.9. The molecule has 2 rings (SSSR count). The number of H-pyrrole nitrogens is 1. The summed E-state index contributed by atoms with van der Waals surface area (Å²) in [7, 11) is -2.09. The largest absolute Gasteiger partial charge is 0.281 e. The van der Waals surface area contributed by atoms with Crippen molar-refractivity contribution in [1.82, 2.24) is 14.5 Å². The van der Waals surface area contributed by atoms with Gasteiger partial charge in [-0.25, -0.2) is 8.42 Å². The Morgan fingerprint density at radius 1 is 1.33 bits per heavy atom. The van der Waals surface area contributed by atoms with Crippen LogP contribution in [-0.4, -0.2) is 30.0 Å². The molecule has 0 spiro atoms. The Kier molecular flexibility index (Phi) is 5.08. The van der Waals surface area contributed by atoms with Gasteiger partial charge in [0.25, 0.3) is 0 Å². The molecular weight excluding hydrogens is 378 g/mol. The first-order chi connectivity index (χ1) is 9.86. The highest BCUT2D eigenvalue weighted by Crippen LogP contribution is 2.24. The summed E-state index contributed by atoms with van der Waals surface area (Å²) in [6.07, 6.45) is 0. The first-order valence-electron chi connectivity index (χ1n) is 6.17. The third-order valence-corrected chi connectivity index (χ3v) is 5.86. The van der Waals surface area contributed by atoms with Crippen molar-refractivity contribution in [2.75, 3.05) is 7.05 Å². The Morgan fingerprint density at radius 2 is 1.95 bits per heavy atom. The molecule has 0 saturated heterocycles. The predicted molar refractivity (Wildman–Crippen MR) is 85.7 cm³/mol. The van der Waals surface area contributed by atoms with Crippen LogP contribution in [-0.2, 0) is 22.4 Å². The zero-order chi connectivity index (χ0) is 15.6. The second kappa shape index (κ2) is 6.48. The number of sulfonamides is 1. The van der Waals surface area contributed by atoms with E-state index in [2.05, 4.69) is 26.1 Å². The number of nitrogens with zero attached hydrogens (tertiary/aromatic N) is 2. The lowest BCUT2D eigenvalue weighted by molar-refractivity contribution is 0.466. The van der Waals surface area contributed by atoms with Crippen molar-refractivity contribution in [2.24, 2.45) is 0 Å². The van der Waals surface area contributed by atoms with E-state index < -0.39 is 10.0 Å². The average Bonchev–Trinajstić information content (AvgIpc) is 2.83. The zero-order valence-electron chi connectivity index (χ0n) is 11.6. The standard InChI is InChI=1S/C13H15BrClN3O2S/c1-9-13(12(7-15)17-16-9)21(19,20)18(2)8-10-3-5-11(14)6-4-10/h3-6H,7-8H2,1-2H3,(H,16,17). The van der Waals surface area contributed by atoms with Crippen LogP contribution in [0, 0.1) is 6.92 Å². The van der Waals surface area contributed by atoms with Crippen molar-refractivity contribution in [3.8, 4) is 0 Å². The quantitative estimate of drug-likeness (QED) is 0.795. The molecule has 0 amide bonds. The van der Waals surface area contributed by atoms with Crippen LogP contribution in [0.4, 0.5) is 0 Å². The van der Waals surface area contributed by atoms with Gasteiger partial charge < -0.3 is 0 Å². The van der Waals surface area contributed by atoms with Crippen LogP contribution < -0.4 is 0 Å². The molecule has 0 atom stereocenters.